The van der Waals surface area contributed by atoms with Crippen LogP contribution in [0.1, 0.15) is 0 Å². The lowest BCUT2D eigenvalue weighted by atomic mass is 10.3. The Kier molecular flexibility index (Phi) is 5.88. The molecule has 0 aliphatic carbocycles. The first kappa shape index (κ1) is 19.7. The third kappa shape index (κ3) is 4.14. The van der Waals surface area contributed by atoms with Gasteiger partial charge in [-0.15, -0.1) is 0 Å². The van der Waals surface area contributed by atoms with Crippen LogP contribution in [0, 0.1) is 17.5 Å². The summed E-state index contributed by atoms with van der Waals surface area (Å²) in [4.78, 5) is 11.0. The number of likely N-dealkylation sites (N-methyl/N-ethyl adjacent to an activating group) is 1. The van der Waals surface area contributed by atoms with Crippen molar-refractivity contribution in [3.05, 3.63) is 53.8 Å². The monoisotopic (exact) mass is 388 g/mol. The summed E-state index contributed by atoms with van der Waals surface area (Å²) in [5, 5.41) is 2.45. The zero-order valence-corrected chi connectivity index (χ0v) is 14.6. The summed E-state index contributed by atoms with van der Waals surface area (Å²) >= 11 is 0. The number of carbonyl (C=O) groups is 1. The first-order chi connectivity index (χ1) is 12.2. The number of hydrogen-bond donors (Lipinski definition) is 1. The lowest BCUT2D eigenvalue weighted by molar-refractivity contribution is -0.116. The van der Waals surface area contributed by atoms with Gasteiger partial charge >= 0.3 is 0 Å². The van der Waals surface area contributed by atoms with Gasteiger partial charge in [-0.25, -0.2) is 21.6 Å². The SMILES string of the molecule is COc1cccc(NC(=O)CN(C)S(=O)(=O)c2ccc(F)c(F)c2F)c1. The minimum absolute atomic E-state index is 0.360. The maximum Gasteiger partial charge on any atom is 0.246 e. The fourth-order valence-electron chi connectivity index (χ4n) is 2.06. The Morgan fingerprint density at radius 2 is 1.85 bits per heavy atom. The van der Waals surface area contributed by atoms with Crippen LogP contribution in [0.5, 0.6) is 5.75 Å². The van der Waals surface area contributed by atoms with E-state index < -0.39 is 44.8 Å². The molecule has 6 nitrogen and oxygen atoms in total. The zero-order valence-electron chi connectivity index (χ0n) is 13.8. The van der Waals surface area contributed by atoms with E-state index in [2.05, 4.69) is 5.32 Å². The van der Waals surface area contributed by atoms with Crippen LogP contribution in [-0.2, 0) is 14.8 Å². The second kappa shape index (κ2) is 7.75. The number of nitrogens with one attached hydrogen (secondary N) is 1. The van der Waals surface area contributed by atoms with Crippen molar-refractivity contribution in [3.63, 3.8) is 0 Å². The fraction of sp³-hybridized carbons (Fsp3) is 0.188. The summed E-state index contributed by atoms with van der Waals surface area (Å²) in [5.74, 6) is -5.50. The van der Waals surface area contributed by atoms with E-state index >= 15 is 0 Å². The van der Waals surface area contributed by atoms with Crippen molar-refractivity contribution in [3.8, 4) is 5.75 Å². The molecule has 2 rings (SSSR count). The van der Waals surface area contributed by atoms with E-state index in [0.29, 0.717) is 27.9 Å². The number of nitrogens with zero attached hydrogens (tertiary/aromatic N) is 1. The molecule has 1 amide bonds. The number of anilines is 1. The quantitative estimate of drug-likeness (QED) is 0.771. The highest BCUT2D eigenvalue weighted by Gasteiger charge is 2.29. The molecule has 2 aromatic carbocycles. The van der Waals surface area contributed by atoms with Crippen molar-refractivity contribution in [1.29, 1.82) is 0 Å². The molecule has 0 unspecified atom stereocenters. The summed E-state index contributed by atoms with van der Waals surface area (Å²) in [6.07, 6.45) is 0. The number of ether oxygens (including phenoxy) is 1. The molecule has 0 bridgehead atoms. The van der Waals surface area contributed by atoms with Crippen LogP contribution in [0.2, 0.25) is 0 Å². The molecule has 0 saturated heterocycles. The van der Waals surface area contributed by atoms with Gasteiger partial charge in [-0.1, -0.05) is 6.07 Å². The van der Waals surface area contributed by atoms with E-state index in [1.807, 2.05) is 0 Å². The Bertz CT molecular complexity index is 935. The molecule has 2 aromatic rings. The third-order valence-electron chi connectivity index (χ3n) is 3.41. The second-order valence-electron chi connectivity index (χ2n) is 5.21. The van der Waals surface area contributed by atoms with Gasteiger partial charge in [-0.2, -0.15) is 4.31 Å². The van der Waals surface area contributed by atoms with Crippen molar-refractivity contribution < 1.29 is 31.1 Å². The number of sulfonamides is 1. The van der Waals surface area contributed by atoms with E-state index in [-0.39, 0.29) is 0 Å². The Morgan fingerprint density at radius 1 is 1.15 bits per heavy atom. The van der Waals surface area contributed by atoms with E-state index in [1.54, 1.807) is 18.2 Å². The molecule has 0 radical (unpaired) electrons. The normalized spacial score (nSPS) is 11.5. The number of hydrogen-bond acceptors (Lipinski definition) is 4. The standard InChI is InChI=1S/C16H15F3N2O4S/c1-21(9-14(22)20-10-4-3-5-11(8-10)25-2)26(23,24)13-7-6-12(17)15(18)16(13)19/h3-8H,9H2,1-2H3,(H,20,22). The molecule has 0 atom stereocenters. The van der Waals surface area contributed by atoms with Crippen LogP contribution in [-0.4, -0.2) is 39.3 Å². The van der Waals surface area contributed by atoms with Crippen LogP contribution >= 0.6 is 0 Å². The highest BCUT2D eigenvalue weighted by molar-refractivity contribution is 7.89. The summed E-state index contributed by atoms with van der Waals surface area (Å²) in [6, 6.07) is 7.43. The summed E-state index contributed by atoms with van der Waals surface area (Å²) in [5.41, 5.74) is 0.360. The molecule has 26 heavy (non-hydrogen) atoms. The van der Waals surface area contributed by atoms with Crippen LogP contribution in [0.3, 0.4) is 0 Å². The first-order valence-corrected chi connectivity index (χ1v) is 8.64. The van der Waals surface area contributed by atoms with Crippen molar-refractivity contribution in [1.82, 2.24) is 4.31 Å². The predicted octanol–water partition coefficient (Wildman–Crippen LogP) is 2.37. The Hall–Kier alpha value is -2.59. The van der Waals surface area contributed by atoms with Crippen LogP contribution in [0.25, 0.3) is 0 Å². The van der Waals surface area contributed by atoms with E-state index in [9.17, 15) is 26.4 Å². The molecule has 140 valence electrons. The van der Waals surface area contributed by atoms with Gasteiger partial charge in [-0.3, -0.25) is 4.79 Å². The maximum atomic E-state index is 13.8. The van der Waals surface area contributed by atoms with Crippen LogP contribution in [0.15, 0.2) is 41.3 Å². The molecule has 0 saturated carbocycles. The van der Waals surface area contributed by atoms with Crippen molar-refractivity contribution in [2.45, 2.75) is 4.90 Å². The van der Waals surface area contributed by atoms with Gasteiger partial charge in [0.1, 0.15) is 10.6 Å². The number of rotatable bonds is 6. The topological polar surface area (TPSA) is 75.7 Å². The van der Waals surface area contributed by atoms with Gasteiger partial charge in [0.2, 0.25) is 15.9 Å². The number of benzene rings is 2. The number of amides is 1. The highest BCUT2D eigenvalue weighted by Crippen LogP contribution is 2.22. The van der Waals surface area contributed by atoms with Crippen molar-refractivity contribution in [2.24, 2.45) is 0 Å². The van der Waals surface area contributed by atoms with Gasteiger partial charge in [0.15, 0.2) is 17.5 Å². The lowest BCUT2D eigenvalue weighted by Gasteiger charge is -2.17. The molecule has 10 heteroatoms. The fourth-order valence-corrected chi connectivity index (χ4v) is 3.24. The Balaban J connectivity index is 2.16. The smallest absolute Gasteiger partial charge is 0.246 e. The minimum Gasteiger partial charge on any atom is -0.497 e. The molecule has 0 fully saturated rings. The van der Waals surface area contributed by atoms with Gasteiger partial charge in [-0.05, 0) is 24.3 Å². The lowest BCUT2D eigenvalue weighted by Crippen LogP contribution is -2.35. The minimum atomic E-state index is -4.54. The number of methoxy groups -OCH3 is 1. The molecule has 1 N–H and O–H groups in total. The molecule has 0 aromatic heterocycles. The van der Waals surface area contributed by atoms with Gasteiger partial charge in [0.05, 0.1) is 13.7 Å². The predicted molar refractivity (Wildman–Crippen MR) is 87.8 cm³/mol. The number of carbonyl (C=O) groups excluding carboxylic acids is 1. The Morgan fingerprint density at radius 3 is 2.50 bits per heavy atom. The molecule has 0 aliphatic heterocycles. The van der Waals surface area contributed by atoms with E-state index in [4.69, 9.17) is 4.74 Å². The summed E-state index contributed by atoms with van der Waals surface area (Å²) in [6.45, 7) is -0.669. The third-order valence-corrected chi connectivity index (χ3v) is 5.23. The van der Waals surface area contributed by atoms with E-state index in [1.165, 1.54) is 13.2 Å². The highest BCUT2D eigenvalue weighted by atomic mass is 32.2. The van der Waals surface area contributed by atoms with Crippen molar-refractivity contribution >= 4 is 21.6 Å². The average molecular weight is 388 g/mol. The molecule has 0 spiro atoms. The Labute approximate surface area is 148 Å². The largest absolute Gasteiger partial charge is 0.497 e. The molecular weight excluding hydrogens is 373 g/mol. The van der Waals surface area contributed by atoms with E-state index in [0.717, 1.165) is 7.05 Å². The van der Waals surface area contributed by atoms with Crippen LogP contribution in [0.4, 0.5) is 18.9 Å². The molecule has 0 heterocycles. The van der Waals surface area contributed by atoms with Gasteiger partial charge < -0.3 is 10.1 Å². The molecule has 0 aliphatic rings. The van der Waals surface area contributed by atoms with Gasteiger partial charge in [0, 0.05) is 18.8 Å². The maximum absolute atomic E-state index is 13.8. The summed E-state index contributed by atoms with van der Waals surface area (Å²) < 4.78 is 70.1. The first-order valence-electron chi connectivity index (χ1n) is 7.20. The zero-order chi connectivity index (χ0) is 19.5. The second-order valence-corrected chi connectivity index (χ2v) is 7.23. The average Bonchev–Trinajstić information content (AvgIpc) is 2.59. The summed E-state index contributed by atoms with van der Waals surface area (Å²) in [7, 11) is -2.09. The number of halogens is 3. The van der Waals surface area contributed by atoms with Gasteiger partial charge in [0.25, 0.3) is 0 Å². The van der Waals surface area contributed by atoms with Crippen molar-refractivity contribution in [2.75, 3.05) is 26.0 Å². The molecular formula is C16H15F3N2O4S. The van der Waals surface area contributed by atoms with Crippen LogP contribution < -0.4 is 10.1 Å².